The van der Waals surface area contributed by atoms with Crippen LogP contribution in [0.5, 0.6) is 0 Å². The van der Waals surface area contributed by atoms with E-state index < -0.39 is 0 Å². The van der Waals surface area contributed by atoms with E-state index in [4.69, 9.17) is 4.74 Å². The zero-order valence-corrected chi connectivity index (χ0v) is 11.7. The van der Waals surface area contributed by atoms with E-state index in [0.29, 0.717) is 17.9 Å². The zero-order chi connectivity index (χ0) is 12.7. The Labute approximate surface area is 106 Å². The maximum atomic E-state index is 9.41. The van der Waals surface area contributed by atoms with Crippen molar-refractivity contribution in [1.82, 2.24) is 4.90 Å². The minimum atomic E-state index is 0.334. The molecule has 17 heavy (non-hydrogen) atoms. The van der Waals surface area contributed by atoms with Gasteiger partial charge < -0.3 is 9.84 Å². The zero-order valence-electron chi connectivity index (χ0n) is 11.7. The van der Waals surface area contributed by atoms with Gasteiger partial charge in [-0.3, -0.25) is 4.90 Å². The van der Waals surface area contributed by atoms with E-state index in [9.17, 15) is 5.11 Å². The fourth-order valence-electron chi connectivity index (χ4n) is 2.15. The highest BCUT2D eigenvalue weighted by Gasteiger charge is 2.17. The predicted octanol–water partition coefficient (Wildman–Crippen LogP) is 2.14. The number of hydrogen-bond donors (Lipinski definition) is 1. The highest BCUT2D eigenvalue weighted by Crippen LogP contribution is 2.24. The lowest BCUT2D eigenvalue weighted by atomic mass is 9.86. The maximum absolute atomic E-state index is 9.41. The third kappa shape index (κ3) is 7.02. The molecular weight excluding hydrogens is 214 g/mol. The van der Waals surface area contributed by atoms with Crippen LogP contribution in [0.4, 0.5) is 0 Å². The smallest absolute Gasteiger partial charge is 0.0594 e. The molecule has 1 N–H and O–H groups in total. The van der Waals surface area contributed by atoms with Crippen LogP contribution in [0.25, 0.3) is 0 Å². The summed E-state index contributed by atoms with van der Waals surface area (Å²) in [5.74, 6) is 0.470. The Balaban J connectivity index is 2.17. The van der Waals surface area contributed by atoms with Gasteiger partial charge in [0, 0.05) is 19.7 Å². The van der Waals surface area contributed by atoms with Gasteiger partial charge in [0.25, 0.3) is 0 Å². The first-order chi connectivity index (χ1) is 8.01. The summed E-state index contributed by atoms with van der Waals surface area (Å²) < 4.78 is 5.33. The van der Waals surface area contributed by atoms with E-state index in [1.165, 1.54) is 6.42 Å². The SMILES string of the molecule is CC(C)(C)CC[C@@H](CO)CCN1CCOCC1. The molecule has 0 aromatic carbocycles. The van der Waals surface area contributed by atoms with Crippen LogP contribution in [0.1, 0.15) is 40.0 Å². The maximum Gasteiger partial charge on any atom is 0.0594 e. The minimum absolute atomic E-state index is 0.334. The summed E-state index contributed by atoms with van der Waals surface area (Å²) in [5, 5.41) is 9.41. The number of hydrogen-bond acceptors (Lipinski definition) is 3. The molecule has 0 saturated carbocycles. The second-order valence-corrected chi connectivity index (χ2v) is 6.39. The molecule has 0 unspecified atom stereocenters. The highest BCUT2D eigenvalue weighted by molar-refractivity contribution is 4.69. The van der Waals surface area contributed by atoms with Crippen molar-refractivity contribution in [3.63, 3.8) is 0 Å². The van der Waals surface area contributed by atoms with Gasteiger partial charge >= 0.3 is 0 Å². The van der Waals surface area contributed by atoms with E-state index in [0.717, 1.165) is 45.7 Å². The van der Waals surface area contributed by atoms with Crippen LogP contribution in [0.15, 0.2) is 0 Å². The molecule has 1 aliphatic heterocycles. The quantitative estimate of drug-likeness (QED) is 0.776. The molecule has 0 aliphatic carbocycles. The fraction of sp³-hybridized carbons (Fsp3) is 1.00. The molecule has 1 fully saturated rings. The van der Waals surface area contributed by atoms with Crippen LogP contribution in [-0.4, -0.2) is 49.5 Å². The predicted molar refractivity (Wildman–Crippen MR) is 71.1 cm³/mol. The summed E-state index contributed by atoms with van der Waals surface area (Å²) in [6.07, 6.45) is 3.46. The van der Waals surface area contributed by atoms with E-state index in [2.05, 4.69) is 25.7 Å². The van der Waals surface area contributed by atoms with Crippen molar-refractivity contribution in [2.24, 2.45) is 11.3 Å². The first-order valence-electron chi connectivity index (χ1n) is 6.92. The average molecular weight is 243 g/mol. The Hall–Kier alpha value is -0.120. The first-order valence-corrected chi connectivity index (χ1v) is 6.92. The molecule has 102 valence electrons. The van der Waals surface area contributed by atoms with Crippen molar-refractivity contribution in [3.05, 3.63) is 0 Å². The molecule has 0 amide bonds. The van der Waals surface area contributed by atoms with Crippen molar-refractivity contribution in [2.45, 2.75) is 40.0 Å². The molecule has 1 atom stereocenters. The Morgan fingerprint density at radius 3 is 2.35 bits per heavy atom. The van der Waals surface area contributed by atoms with Gasteiger partial charge in [-0.2, -0.15) is 0 Å². The lowest BCUT2D eigenvalue weighted by Crippen LogP contribution is -2.37. The number of ether oxygens (including phenoxy) is 1. The van der Waals surface area contributed by atoms with Crippen LogP contribution in [0.2, 0.25) is 0 Å². The van der Waals surface area contributed by atoms with Gasteiger partial charge in [0.2, 0.25) is 0 Å². The van der Waals surface area contributed by atoms with Crippen molar-refractivity contribution < 1.29 is 9.84 Å². The second-order valence-electron chi connectivity index (χ2n) is 6.39. The molecule has 0 radical (unpaired) electrons. The van der Waals surface area contributed by atoms with Gasteiger partial charge in [-0.25, -0.2) is 0 Å². The molecule has 1 saturated heterocycles. The van der Waals surface area contributed by atoms with Crippen LogP contribution in [0.3, 0.4) is 0 Å². The molecule has 0 spiro atoms. The second kappa shape index (κ2) is 7.34. The number of nitrogens with zero attached hydrogens (tertiary/aromatic N) is 1. The summed E-state index contributed by atoms with van der Waals surface area (Å²) in [7, 11) is 0. The first kappa shape index (κ1) is 14.9. The molecular formula is C14H29NO2. The average Bonchev–Trinajstić information content (AvgIpc) is 2.29. The van der Waals surface area contributed by atoms with Crippen LogP contribution >= 0.6 is 0 Å². The van der Waals surface area contributed by atoms with Crippen molar-refractivity contribution in [2.75, 3.05) is 39.5 Å². The highest BCUT2D eigenvalue weighted by atomic mass is 16.5. The fourth-order valence-corrected chi connectivity index (χ4v) is 2.15. The molecule has 1 heterocycles. The summed E-state index contributed by atoms with van der Waals surface area (Å²) in [6, 6.07) is 0. The van der Waals surface area contributed by atoms with E-state index in [1.807, 2.05) is 0 Å². The van der Waals surface area contributed by atoms with Gasteiger partial charge in [-0.15, -0.1) is 0 Å². The Bertz CT molecular complexity index is 195. The summed E-state index contributed by atoms with van der Waals surface area (Å²) in [4.78, 5) is 2.45. The van der Waals surface area contributed by atoms with Gasteiger partial charge in [-0.05, 0) is 37.1 Å². The monoisotopic (exact) mass is 243 g/mol. The summed E-state index contributed by atoms with van der Waals surface area (Å²) in [5.41, 5.74) is 0.381. The standard InChI is InChI=1S/C14H29NO2/c1-14(2,3)6-4-13(12-16)5-7-15-8-10-17-11-9-15/h13,16H,4-12H2,1-3H3/t13-/m1/s1. The van der Waals surface area contributed by atoms with Gasteiger partial charge in [0.05, 0.1) is 13.2 Å². The molecule has 3 heteroatoms. The minimum Gasteiger partial charge on any atom is -0.396 e. The van der Waals surface area contributed by atoms with Crippen molar-refractivity contribution in [1.29, 1.82) is 0 Å². The van der Waals surface area contributed by atoms with Crippen molar-refractivity contribution in [3.8, 4) is 0 Å². The van der Waals surface area contributed by atoms with E-state index in [1.54, 1.807) is 0 Å². The lowest BCUT2D eigenvalue weighted by molar-refractivity contribution is 0.0333. The third-order valence-corrected chi connectivity index (χ3v) is 3.52. The number of rotatable bonds is 6. The van der Waals surface area contributed by atoms with Crippen LogP contribution in [-0.2, 0) is 4.74 Å². The Morgan fingerprint density at radius 1 is 1.18 bits per heavy atom. The van der Waals surface area contributed by atoms with E-state index in [-0.39, 0.29) is 0 Å². The van der Waals surface area contributed by atoms with Crippen molar-refractivity contribution >= 4 is 0 Å². The normalized spacial score (nSPS) is 20.5. The summed E-state index contributed by atoms with van der Waals surface area (Å²) >= 11 is 0. The largest absolute Gasteiger partial charge is 0.396 e. The van der Waals surface area contributed by atoms with Gasteiger partial charge in [0.1, 0.15) is 0 Å². The molecule has 0 aromatic heterocycles. The topological polar surface area (TPSA) is 32.7 Å². The van der Waals surface area contributed by atoms with Crippen LogP contribution in [0, 0.1) is 11.3 Å². The Morgan fingerprint density at radius 2 is 1.82 bits per heavy atom. The van der Waals surface area contributed by atoms with Gasteiger partial charge in [0.15, 0.2) is 0 Å². The third-order valence-electron chi connectivity index (χ3n) is 3.52. The van der Waals surface area contributed by atoms with Crippen LogP contribution < -0.4 is 0 Å². The molecule has 0 aromatic rings. The Kier molecular flexibility index (Phi) is 6.45. The van der Waals surface area contributed by atoms with E-state index >= 15 is 0 Å². The molecule has 3 nitrogen and oxygen atoms in total. The number of aliphatic hydroxyl groups is 1. The molecule has 1 rings (SSSR count). The molecule has 0 bridgehead atoms. The molecule has 1 aliphatic rings. The number of morpholine rings is 1. The van der Waals surface area contributed by atoms with Gasteiger partial charge in [-0.1, -0.05) is 20.8 Å². The lowest BCUT2D eigenvalue weighted by Gasteiger charge is -2.28. The number of aliphatic hydroxyl groups excluding tert-OH is 1. The summed E-state index contributed by atoms with van der Waals surface area (Å²) in [6.45, 7) is 12.1.